The normalized spacial score (nSPS) is 11.5. The molecule has 0 aliphatic carbocycles. The Hall–Kier alpha value is -1.92. The van der Waals surface area contributed by atoms with Crippen molar-refractivity contribution >= 4 is 22.8 Å². The van der Waals surface area contributed by atoms with E-state index in [0.717, 1.165) is 22.7 Å². The molecule has 110 valence electrons. The fourth-order valence-electron chi connectivity index (χ4n) is 2.45. The van der Waals surface area contributed by atoms with Crippen molar-refractivity contribution in [1.29, 1.82) is 0 Å². The molecule has 3 aromatic rings. The number of pyridine rings is 1. The summed E-state index contributed by atoms with van der Waals surface area (Å²) in [5, 5.41) is 14.1. The van der Waals surface area contributed by atoms with E-state index in [1.54, 1.807) is 4.68 Å². The van der Waals surface area contributed by atoms with E-state index in [2.05, 4.69) is 15.1 Å². The number of imidazole rings is 1. The zero-order valence-corrected chi connectivity index (χ0v) is 12.9. The van der Waals surface area contributed by atoms with E-state index in [0.29, 0.717) is 22.6 Å². The maximum absolute atomic E-state index is 9.40. The molecule has 0 unspecified atom stereocenters. The molecule has 3 rings (SSSR count). The zero-order chi connectivity index (χ0) is 15.1. The van der Waals surface area contributed by atoms with E-state index in [1.807, 2.05) is 37.9 Å². The minimum absolute atomic E-state index is 0.137. The number of nitrogens with zero attached hydrogens (tertiary/aromatic N) is 5. The van der Waals surface area contributed by atoms with E-state index in [9.17, 15) is 5.11 Å². The van der Waals surface area contributed by atoms with Crippen LogP contribution in [-0.2, 0) is 20.2 Å². The van der Waals surface area contributed by atoms with Gasteiger partial charge in [-0.3, -0.25) is 4.68 Å². The van der Waals surface area contributed by atoms with Crippen molar-refractivity contribution in [1.82, 2.24) is 24.3 Å². The minimum Gasteiger partial charge on any atom is -0.392 e. The van der Waals surface area contributed by atoms with Crippen LogP contribution in [0.25, 0.3) is 11.2 Å². The highest BCUT2D eigenvalue weighted by molar-refractivity contribution is 6.35. The van der Waals surface area contributed by atoms with Crippen LogP contribution in [0.1, 0.15) is 22.6 Å². The predicted molar refractivity (Wildman–Crippen MR) is 80.2 cm³/mol. The van der Waals surface area contributed by atoms with E-state index in [4.69, 9.17) is 11.6 Å². The van der Waals surface area contributed by atoms with Crippen LogP contribution in [0.3, 0.4) is 0 Å². The number of aliphatic hydroxyl groups is 1. The summed E-state index contributed by atoms with van der Waals surface area (Å²) in [4.78, 5) is 9.06. The maximum atomic E-state index is 9.40. The van der Waals surface area contributed by atoms with Crippen molar-refractivity contribution in [2.24, 2.45) is 7.05 Å². The lowest BCUT2D eigenvalue weighted by Gasteiger charge is -2.08. The van der Waals surface area contributed by atoms with E-state index >= 15 is 0 Å². The highest BCUT2D eigenvalue weighted by atomic mass is 35.5. The van der Waals surface area contributed by atoms with Gasteiger partial charge in [0.25, 0.3) is 0 Å². The number of rotatable bonds is 3. The second-order valence-electron chi connectivity index (χ2n) is 5.09. The third-order valence-corrected chi connectivity index (χ3v) is 3.98. The summed E-state index contributed by atoms with van der Waals surface area (Å²) in [6, 6.07) is 0. The molecule has 0 bridgehead atoms. The maximum Gasteiger partial charge on any atom is 0.162 e. The first-order valence-electron chi connectivity index (χ1n) is 6.61. The van der Waals surface area contributed by atoms with Gasteiger partial charge in [-0.1, -0.05) is 11.6 Å². The average Bonchev–Trinajstić information content (AvgIpc) is 2.97. The number of aryl methyl sites for hydroxylation is 3. The predicted octanol–water partition coefficient (Wildman–Crippen LogP) is 1.98. The second-order valence-corrected chi connectivity index (χ2v) is 5.47. The molecule has 0 saturated carbocycles. The highest BCUT2D eigenvalue weighted by Gasteiger charge is 2.17. The molecule has 0 spiro atoms. The first-order chi connectivity index (χ1) is 10.0. The van der Waals surface area contributed by atoms with Gasteiger partial charge < -0.3 is 9.67 Å². The molecule has 0 aliphatic rings. The van der Waals surface area contributed by atoms with Crippen LogP contribution >= 0.6 is 11.6 Å². The van der Waals surface area contributed by atoms with Gasteiger partial charge in [-0.05, 0) is 13.8 Å². The number of aromatic nitrogens is 5. The van der Waals surface area contributed by atoms with Crippen LogP contribution < -0.4 is 0 Å². The molecule has 21 heavy (non-hydrogen) atoms. The summed E-state index contributed by atoms with van der Waals surface area (Å²) in [6.45, 7) is 4.26. The molecule has 7 heteroatoms. The van der Waals surface area contributed by atoms with E-state index in [1.165, 1.54) is 0 Å². The third-order valence-electron chi connectivity index (χ3n) is 3.57. The number of halogens is 1. The van der Waals surface area contributed by atoms with Crippen molar-refractivity contribution in [2.45, 2.75) is 27.0 Å². The lowest BCUT2D eigenvalue weighted by Crippen LogP contribution is -2.04. The van der Waals surface area contributed by atoms with Gasteiger partial charge >= 0.3 is 0 Å². The quantitative estimate of drug-likeness (QED) is 0.803. The standard InChI is InChI=1S/C14H16ClN5O/c1-8-11(7-21)12(15)13-14(17-8)20(9(2)18-13)6-10-4-16-19(3)5-10/h4-5,21H,6-7H2,1-3H3. The fraction of sp³-hybridized carbons (Fsp3) is 0.357. The Morgan fingerprint density at radius 1 is 1.29 bits per heavy atom. The number of fused-ring (bicyclic) bond motifs is 1. The summed E-state index contributed by atoms with van der Waals surface area (Å²) >= 11 is 6.35. The average molecular weight is 306 g/mol. The summed E-state index contributed by atoms with van der Waals surface area (Å²) in [7, 11) is 1.88. The molecule has 6 nitrogen and oxygen atoms in total. The molecule has 0 fully saturated rings. The Labute approximate surface area is 127 Å². The first-order valence-corrected chi connectivity index (χ1v) is 6.99. The van der Waals surface area contributed by atoms with Gasteiger partial charge in [0.15, 0.2) is 5.65 Å². The van der Waals surface area contributed by atoms with Gasteiger partial charge in [0.2, 0.25) is 0 Å². The summed E-state index contributed by atoms with van der Waals surface area (Å²) in [6.07, 6.45) is 3.78. The molecular formula is C14H16ClN5O. The Morgan fingerprint density at radius 2 is 2.05 bits per heavy atom. The fourth-order valence-corrected chi connectivity index (χ4v) is 2.77. The van der Waals surface area contributed by atoms with Gasteiger partial charge in [0.1, 0.15) is 11.3 Å². The van der Waals surface area contributed by atoms with E-state index in [-0.39, 0.29) is 6.61 Å². The molecule has 0 aromatic carbocycles. The van der Waals surface area contributed by atoms with Crippen LogP contribution in [0.4, 0.5) is 0 Å². The molecule has 1 N–H and O–H groups in total. The lowest BCUT2D eigenvalue weighted by molar-refractivity contribution is 0.281. The zero-order valence-electron chi connectivity index (χ0n) is 12.1. The van der Waals surface area contributed by atoms with Crippen LogP contribution in [0.5, 0.6) is 0 Å². The van der Waals surface area contributed by atoms with Gasteiger partial charge in [-0.15, -0.1) is 0 Å². The van der Waals surface area contributed by atoms with Crippen molar-refractivity contribution in [3.05, 3.63) is 40.1 Å². The van der Waals surface area contributed by atoms with Crippen LogP contribution in [-0.4, -0.2) is 29.4 Å². The monoisotopic (exact) mass is 305 g/mol. The van der Waals surface area contributed by atoms with Gasteiger partial charge in [-0.25, -0.2) is 9.97 Å². The highest BCUT2D eigenvalue weighted by Crippen LogP contribution is 2.28. The molecule has 0 atom stereocenters. The Kier molecular flexibility index (Phi) is 3.43. The number of hydrogen-bond acceptors (Lipinski definition) is 4. The topological polar surface area (TPSA) is 68.8 Å². The molecule has 0 radical (unpaired) electrons. The largest absolute Gasteiger partial charge is 0.392 e. The van der Waals surface area contributed by atoms with Gasteiger partial charge in [0, 0.05) is 30.1 Å². The molecule has 3 aromatic heterocycles. The third kappa shape index (κ3) is 2.30. The smallest absolute Gasteiger partial charge is 0.162 e. The molecule has 0 amide bonds. The minimum atomic E-state index is -0.137. The summed E-state index contributed by atoms with van der Waals surface area (Å²) in [5.41, 5.74) is 3.79. The van der Waals surface area contributed by atoms with Crippen LogP contribution in [0.2, 0.25) is 5.02 Å². The second kappa shape index (κ2) is 5.13. The Balaban J connectivity index is 2.17. The summed E-state index contributed by atoms with van der Waals surface area (Å²) < 4.78 is 3.77. The molecule has 0 saturated heterocycles. The number of aliphatic hydroxyl groups excluding tert-OH is 1. The van der Waals surface area contributed by atoms with Gasteiger partial charge in [0.05, 0.1) is 24.4 Å². The Bertz CT molecular complexity index is 820. The van der Waals surface area contributed by atoms with Crippen molar-refractivity contribution in [3.8, 4) is 0 Å². The summed E-state index contributed by atoms with van der Waals surface area (Å²) in [5.74, 6) is 0.831. The van der Waals surface area contributed by atoms with Crippen LogP contribution in [0.15, 0.2) is 12.4 Å². The lowest BCUT2D eigenvalue weighted by atomic mass is 10.2. The SMILES string of the molecule is Cc1nc2c(nc(C)n2Cc2cnn(C)c2)c(Cl)c1CO. The van der Waals surface area contributed by atoms with Crippen molar-refractivity contribution in [3.63, 3.8) is 0 Å². The van der Waals surface area contributed by atoms with Crippen molar-refractivity contribution in [2.75, 3.05) is 0 Å². The molecule has 0 aliphatic heterocycles. The number of hydrogen-bond donors (Lipinski definition) is 1. The van der Waals surface area contributed by atoms with Crippen LogP contribution in [0, 0.1) is 13.8 Å². The first kappa shape index (κ1) is 14.0. The molecule has 3 heterocycles. The van der Waals surface area contributed by atoms with Crippen molar-refractivity contribution < 1.29 is 5.11 Å². The van der Waals surface area contributed by atoms with E-state index < -0.39 is 0 Å². The molecular weight excluding hydrogens is 290 g/mol. The Morgan fingerprint density at radius 3 is 2.67 bits per heavy atom. The van der Waals surface area contributed by atoms with Gasteiger partial charge in [-0.2, -0.15) is 5.10 Å².